The minimum absolute atomic E-state index is 1.09. The molecule has 1 aromatic heterocycles. The van der Waals surface area contributed by atoms with Crippen molar-refractivity contribution >= 4 is 67.7 Å². The van der Waals surface area contributed by atoms with Crippen molar-refractivity contribution in [1.29, 1.82) is 0 Å². The molecule has 0 atom stereocenters. The quantitative estimate of drug-likeness (QED) is 0.0985. The predicted molar refractivity (Wildman–Crippen MR) is 270 cm³/mol. The van der Waals surface area contributed by atoms with E-state index in [1.54, 1.807) is 0 Å². The van der Waals surface area contributed by atoms with Gasteiger partial charge in [0, 0.05) is 27.8 Å². The van der Waals surface area contributed by atoms with Crippen LogP contribution in [0.3, 0.4) is 0 Å². The Kier molecular flexibility index (Phi) is 9.93. The minimum Gasteiger partial charge on any atom is -0.310 e. The first-order valence-electron chi connectivity index (χ1n) is 21.7. The van der Waals surface area contributed by atoms with Crippen LogP contribution in [-0.4, -0.2) is 12.6 Å². The van der Waals surface area contributed by atoms with Crippen molar-refractivity contribution in [2.45, 2.75) is 0 Å². The van der Waals surface area contributed by atoms with E-state index in [0.717, 1.165) is 28.3 Å². The van der Waals surface area contributed by atoms with E-state index in [-0.39, 0.29) is 0 Å². The van der Waals surface area contributed by atoms with Crippen molar-refractivity contribution < 1.29 is 0 Å². The van der Waals surface area contributed by atoms with Gasteiger partial charge in [-0.1, -0.05) is 212 Å². The number of hydrogen-bond acceptors (Lipinski definition) is 1. The van der Waals surface area contributed by atoms with Crippen LogP contribution < -0.4 is 25.6 Å². The van der Waals surface area contributed by atoms with E-state index in [2.05, 4.69) is 276 Å². The Morgan fingerprint density at radius 3 is 1.38 bits per heavy atom. The summed E-state index contributed by atoms with van der Waals surface area (Å²) < 4.78 is 2.41. The maximum atomic E-state index is 2.49. The Morgan fingerprint density at radius 1 is 0.317 bits per heavy atom. The third-order valence-electron chi connectivity index (χ3n) is 12.5. The van der Waals surface area contributed by atoms with Gasteiger partial charge in [0.2, 0.25) is 0 Å². The average Bonchev–Trinajstić information content (AvgIpc) is 3.71. The molecular formula is C60H44N2Si. The number of benzene rings is 10. The smallest absolute Gasteiger partial charge is 0.179 e. The second-order valence-electron chi connectivity index (χ2n) is 16.1. The molecule has 0 aliphatic carbocycles. The molecule has 0 spiro atoms. The van der Waals surface area contributed by atoms with E-state index in [9.17, 15) is 0 Å². The third kappa shape index (κ3) is 6.67. The largest absolute Gasteiger partial charge is 0.310 e. The van der Waals surface area contributed by atoms with E-state index < -0.39 is 8.07 Å². The molecule has 0 aliphatic heterocycles. The molecule has 2 nitrogen and oxygen atoms in total. The highest BCUT2D eigenvalue weighted by atomic mass is 28.3. The van der Waals surface area contributed by atoms with Crippen molar-refractivity contribution in [2.75, 3.05) is 4.90 Å². The number of anilines is 3. The van der Waals surface area contributed by atoms with Gasteiger partial charge in [0.05, 0.1) is 16.7 Å². The van der Waals surface area contributed by atoms with Crippen LogP contribution in [0.15, 0.2) is 267 Å². The Bertz CT molecular complexity index is 3210. The maximum Gasteiger partial charge on any atom is 0.179 e. The van der Waals surface area contributed by atoms with Gasteiger partial charge in [0.1, 0.15) is 0 Å². The second kappa shape index (κ2) is 16.5. The predicted octanol–water partition coefficient (Wildman–Crippen LogP) is 13.0. The Labute approximate surface area is 370 Å². The molecule has 0 bridgehead atoms. The molecule has 11 rings (SSSR count). The summed E-state index contributed by atoms with van der Waals surface area (Å²) in [6.07, 6.45) is 0. The van der Waals surface area contributed by atoms with E-state index in [4.69, 9.17) is 0 Å². The zero-order chi connectivity index (χ0) is 42.0. The number of para-hydroxylation sites is 2. The first kappa shape index (κ1) is 38.0. The fraction of sp³-hybridized carbons (Fsp3) is 0. The molecule has 3 heteroatoms. The molecule has 0 aliphatic rings. The van der Waals surface area contributed by atoms with Crippen molar-refractivity contribution in [1.82, 2.24) is 4.57 Å². The molecule has 0 unspecified atom stereocenters. The topological polar surface area (TPSA) is 8.17 Å². The summed E-state index contributed by atoms with van der Waals surface area (Å²) in [5.74, 6) is 0. The first-order chi connectivity index (χ1) is 31.3. The number of fused-ring (bicyclic) bond motifs is 3. The van der Waals surface area contributed by atoms with Crippen molar-refractivity contribution in [3.8, 4) is 27.9 Å². The SMILES string of the molecule is c1ccc(-c2ccccc2-c2ccc(N(c3cccc([Si](c4ccccc4)(c4ccccc4)c4ccccc4)c3)c3cccc4c3c3ccccc3n4-c3ccccc3)cc2)cc1. The molecule has 0 saturated carbocycles. The van der Waals surface area contributed by atoms with Crippen LogP contribution >= 0.6 is 0 Å². The van der Waals surface area contributed by atoms with Gasteiger partial charge in [0.25, 0.3) is 0 Å². The van der Waals surface area contributed by atoms with Crippen molar-refractivity contribution in [3.05, 3.63) is 267 Å². The van der Waals surface area contributed by atoms with E-state index in [0.29, 0.717) is 0 Å². The van der Waals surface area contributed by atoms with Gasteiger partial charge in [-0.25, -0.2) is 0 Å². The van der Waals surface area contributed by atoms with Crippen LogP contribution in [-0.2, 0) is 0 Å². The number of hydrogen-bond donors (Lipinski definition) is 0. The van der Waals surface area contributed by atoms with Crippen molar-refractivity contribution in [2.24, 2.45) is 0 Å². The molecule has 63 heavy (non-hydrogen) atoms. The van der Waals surface area contributed by atoms with Gasteiger partial charge in [-0.15, -0.1) is 0 Å². The molecule has 11 aromatic rings. The highest BCUT2D eigenvalue weighted by molar-refractivity contribution is 7.19. The third-order valence-corrected chi connectivity index (χ3v) is 17.3. The van der Waals surface area contributed by atoms with Gasteiger partial charge >= 0.3 is 0 Å². The van der Waals surface area contributed by atoms with Crippen LogP contribution in [0, 0.1) is 0 Å². The molecule has 298 valence electrons. The van der Waals surface area contributed by atoms with Gasteiger partial charge in [-0.3, -0.25) is 0 Å². The number of nitrogens with zero attached hydrogens (tertiary/aromatic N) is 2. The molecule has 0 radical (unpaired) electrons. The Morgan fingerprint density at radius 2 is 0.778 bits per heavy atom. The average molecular weight is 821 g/mol. The first-order valence-corrected chi connectivity index (χ1v) is 23.7. The van der Waals surface area contributed by atoms with Crippen LogP contribution in [0.1, 0.15) is 0 Å². The molecule has 0 fully saturated rings. The highest BCUT2D eigenvalue weighted by Crippen LogP contribution is 2.44. The summed E-state index contributed by atoms with van der Waals surface area (Å²) in [5, 5.41) is 7.78. The molecule has 0 saturated heterocycles. The van der Waals surface area contributed by atoms with Gasteiger partial charge < -0.3 is 9.47 Å². The number of rotatable bonds is 10. The molecular weight excluding hydrogens is 777 g/mol. The van der Waals surface area contributed by atoms with E-state index in [1.165, 1.54) is 59.3 Å². The summed E-state index contributed by atoms with van der Waals surface area (Å²) in [6, 6.07) is 97.9. The van der Waals surface area contributed by atoms with Crippen LogP contribution in [0.25, 0.3) is 49.7 Å². The standard InChI is InChI=1S/C60H44N2Si/c1-6-22-45(23-7-1)54-34-16-17-35-55(54)46-40-42-48(43-41-46)61(58-38-21-39-59-60(58)56-36-18-19-37-57(56)62(59)47-24-8-2-9-25-47)49-26-20-33-53(44-49)63(50-27-10-3-11-28-50,51-29-12-4-13-30-51)52-31-14-5-15-32-52/h1-44H. The zero-order valence-corrected chi connectivity index (χ0v) is 35.8. The lowest BCUT2D eigenvalue weighted by atomic mass is 9.94. The van der Waals surface area contributed by atoms with E-state index >= 15 is 0 Å². The lowest BCUT2D eigenvalue weighted by Crippen LogP contribution is -2.74. The summed E-state index contributed by atoms with van der Waals surface area (Å²) in [7, 11) is -2.84. The molecule has 1 heterocycles. The summed E-state index contributed by atoms with van der Waals surface area (Å²) in [5.41, 5.74) is 11.6. The van der Waals surface area contributed by atoms with Gasteiger partial charge in [-0.2, -0.15) is 0 Å². The van der Waals surface area contributed by atoms with E-state index in [1.807, 2.05) is 0 Å². The lowest BCUT2D eigenvalue weighted by molar-refractivity contribution is 1.18. The normalized spacial score (nSPS) is 11.5. The second-order valence-corrected chi connectivity index (χ2v) is 19.9. The molecule has 0 amide bonds. The highest BCUT2D eigenvalue weighted by Gasteiger charge is 2.41. The molecule has 10 aromatic carbocycles. The Hall–Kier alpha value is -7.98. The minimum atomic E-state index is -2.84. The number of aromatic nitrogens is 1. The summed E-state index contributed by atoms with van der Waals surface area (Å²) in [6.45, 7) is 0. The van der Waals surface area contributed by atoms with Crippen LogP contribution in [0.5, 0.6) is 0 Å². The maximum absolute atomic E-state index is 2.84. The van der Waals surface area contributed by atoms with Crippen molar-refractivity contribution in [3.63, 3.8) is 0 Å². The monoisotopic (exact) mass is 820 g/mol. The fourth-order valence-corrected chi connectivity index (χ4v) is 14.6. The summed E-state index contributed by atoms with van der Waals surface area (Å²) >= 11 is 0. The van der Waals surface area contributed by atoms with Crippen LogP contribution in [0.4, 0.5) is 17.1 Å². The fourth-order valence-electron chi connectivity index (χ4n) is 9.81. The van der Waals surface area contributed by atoms with Gasteiger partial charge in [-0.05, 0) is 97.6 Å². The zero-order valence-electron chi connectivity index (χ0n) is 34.8. The lowest BCUT2D eigenvalue weighted by Gasteiger charge is -2.35. The summed E-state index contributed by atoms with van der Waals surface area (Å²) in [4.78, 5) is 2.49. The van der Waals surface area contributed by atoms with Crippen LogP contribution in [0.2, 0.25) is 0 Å². The Balaban J connectivity index is 1.17. The molecule has 0 N–H and O–H groups in total. The van der Waals surface area contributed by atoms with Gasteiger partial charge in [0.15, 0.2) is 8.07 Å².